The van der Waals surface area contributed by atoms with Crippen molar-refractivity contribution in [2.75, 3.05) is 6.61 Å². The fourth-order valence-corrected chi connectivity index (χ4v) is 3.26. The van der Waals surface area contributed by atoms with Crippen LogP contribution in [0.25, 0.3) is 0 Å². The molecule has 21 heavy (non-hydrogen) atoms. The molecule has 0 saturated carbocycles. The largest absolute Gasteiger partial charge is 0.373 e. The number of hydrogen-bond acceptors (Lipinski definition) is 2. The molecular formula is C19H23NO. The lowest BCUT2D eigenvalue weighted by atomic mass is 9.91. The molecule has 0 amide bonds. The van der Waals surface area contributed by atoms with Crippen molar-refractivity contribution in [1.82, 2.24) is 0 Å². The maximum absolute atomic E-state index is 6.44. The zero-order chi connectivity index (χ0) is 14.8. The first-order valence-electron chi connectivity index (χ1n) is 7.66. The Labute approximate surface area is 126 Å². The Morgan fingerprint density at radius 1 is 1.14 bits per heavy atom. The first-order valence-corrected chi connectivity index (χ1v) is 7.66. The SMILES string of the molecule is Cc1cc(C)cc(C(N)CC2OCCc3ccccc32)c1. The lowest BCUT2D eigenvalue weighted by Gasteiger charge is -2.28. The Morgan fingerprint density at radius 2 is 1.86 bits per heavy atom. The van der Waals surface area contributed by atoms with Gasteiger partial charge in [-0.15, -0.1) is 0 Å². The lowest BCUT2D eigenvalue weighted by molar-refractivity contribution is 0.0320. The number of hydrogen-bond donors (Lipinski definition) is 1. The molecule has 2 aromatic rings. The van der Waals surface area contributed by atoms with Crippen LogP contribution in [-0.4, -0.2) is 6.61 Å². The molecule has 0 aromatic heterocycles. The molecule has 0 fully saturated rings. The molecule has 2 aromatic carbocycles. The van der Waals surface area contributed by atoms with Crippen molar-refractivity contribution >= 4 is 0 Å². The molecule has 1 heterocycles. The number of aryl methyl sites for hydroxylation is 2. The molecule has 2 heteroatoms. The summed E-state index contributed by atoms with van der Waals surface area (Å²) in [5.41, 5.74) is 12.9. The van der Waals surface area contributed by atoms with Gasteiger partial charge < -0.3 is 10.5 Å². The molecule has 2 atom stereocenters. The van der Waals surface area contributed by atoms with Crippen LogP contribution in [0.15, 0.2) is 42.5 Å². The van der Waals surface area contributed by atoms with Crippen molar-refractivity contribution in [3.8, 4) is 0 Å². The molecule has 3 rings (SSSR count). The minimum absolute atomic E-state index is 0.0137. The molecule has 2 N–H and O–H groups in total. The zero-order valence-corrected chi connectivity index (χ0v) is 12.8. The van der Waals surface area contributed by atoms with Crippen molar-refractivity contribution in [2.45, 2.75) is 38.8 Å². The maximum Gasteiger partial charge on any atom is 0.0845 e. The summed E-state index contributed by atoms with van der Waals surface area (Å²) in [5.74, 6) is 0. The van der Waals surface area contributed by atoms with E-state index < -0.39 is 0 Å². The van der Waals surface area contributed by atoms with Gasteiger partial charge in [0.15, 0.2) is 0 Å². The van der Waals surface area contributed by atoms with Gasteiger partial charge in [-0.2, -0.15) is 0 Å². The van der Waals surface area contributed by atoms with Crippen LogP contribution in [0, 0.1) is 13.8 Å². The van der Waals surface area contributed by atoms with E-state index in [0.717, 1.165) is 19.4 Å². The van der Waals surface area contributed by atoms with Gasteiger partial charge in [-0.3, -0.25) is 0 Å². The molecule has 0 saturated heterocycles. The van der Waals surface area contributed by atoms with E-state index in [2.05, 4.69) is 56.3 Å². The molecule has 2 nitrogen and oxygen atoms in total. The van der Waals surface area contributed by atoms with Crippen LogP contribution >= 0.6 is 0 Å². The molecular weight excluding hydrogens is 258 g/mol. The van der Waals surface area contributed by atoms with Crippen LogP contribution in [0.1, 0.15) is 46.4 Å². The Balaban J connectivity index is 1.81. The van der Waals surface area contributed by atoms with E-state index in [1.165, 1.54) is 27.8 Å². The second-order valence-electron chi connectivity index (χ2n) is 6.07. The standard InChI is InChI=1S/C19H23NO/c1-13-9-14(2)11-16(10-13)18(20)12-19-17-6-4-3-5-15(17)7-8-21-19/h3-6,9-11,18-19H,7-8,12,20H2,1-2H3. The van der Waals surface area contributed by atoms with Crippen LogP contribution in [0.2, 0.25) is 0 Å². The van der Waals surface area contributed by atoms with Crippen molar-refractivity contribution in [3.05, 3.63) is 70.3 Å². The number of rotatable bonds is 3. The number of nitrogens with two attached hydrogens (primary N) is 1. The van der Waals surface area contributed by atoms with Gasteiger partial charge in [0.1, 0.15) is 0 Å². The van der Waals surface area contributed by atoms with Gasteiger partial charge in [-0.1, -0.05) is 53.6 Å². The second kappa shape index (κ2) is 6.00. The lowest BCUT2D eigenvalue weighted by Crippen LogP contribution is -2.21. The van der Waals surface area contributed by atoms with Gasteiger partial charge in [-0.05, 0) is 43.4 Å². The van der Waals surface area contributed by atoms with Crippen molar-refractivity contribution in [3.63, 3.8) is 0 Å². The van der Waals surface area contributed by atoms with E-state index in [4.69, 9.17) is 10.5 Å². The summed E-state index contributed by atoms with van der Waals surface area (Å²) in [4.78, 5) is 0. The average Bonchev–Trinajstić information content (AvgIpc) is 2.46. The maximum atomic E-state index is 6.44. The number of ether oxygens (including phenoxy) is 1. The third-order valence-corrected chi connectivity index (χ3v) is 4.23. The van der Waals surface area contributed by atoms with E-state index in [9.17, 15) is 0 Å². The highest BCUT2D eigenvalue weighted by atomic mass is 16.5. The Hall–Kier alpha value is -1.64. The summed E-state index contributed by atoms with van der Waals surface area (Å²) in [7, 11) is 0. The summed E-state index contributed by atoms with van der Waals surface area (Å²) in [5, 5.41) is 0. The molecule has 1 aliphatic rings. The molecule has 0 radical (unpaired) electrons. The van der Waals surface area contributed by atoms with Crippen LogP contribution in [0.5, 0.6) is 0 Å². The van der Waals surface area contributed by atoms with E-state index in [-0.39, 0.29) is 12.1 Å². The highest BCUT2D eigenvalue weighted by Gasteiger charge is 2.23. The average molecular weight is 281 g/mol. The summed E-state index contributed by atoms with van der Waals surface area (Å²) in [6.45, 7) is 5.03. The topological polar surface area (TPSA) is 35.2 Å². The van der Waals surface area contributed by atoms with Crippen molar-refractivity contribution in [1.29, 1.82) is 0 Å². The monoisotopic (exact) mass is 281 g/mol. The van der Waals surface area contributed by atoms with Crippen LogP contribution in [0.3, 0.4) is 0 Å². The Bertz CT molecular complexity index is 615. The van der Waals surface area contributed by atoms with Gasteiger partial charge in [0.2, 0.25) is 0 Å². The third-order valence-electron chi connectivity index (χ3n) is 4.23. The second-order valence-corrected chi connectivity index (χ2v) is 6.07. The Morgan fingerprint density at radius 3 is 2.62 bits per heavy atom. The van der Waals surface area contributed by atoms with E-state index in [0.29, 0.717) is 0 Å². The highest BCUT2D eigenvalue weighted by molar-refractivity contribution is 5.33. The molecule has 0 aliphatic carbocycles. The third kappa shape index (κ3) is 3.17. The first kappa shape index (κ1) is 14.3. The molecule has 2 unspecified atom stereocenters. The molecule has 0 bridgehead atoms. The highest BCUT2D eigenvalue weighted by Crippen LogP contribution is 2.33. The first-order chi connectivity index (χ1) is 10.1. The van der Waals surface area contributed by atoms with Gasteiger partial charge in [0, 0.05) is 6.04 Å². The van der Waals surface area contributed by atoms with Crippen LogP contribution < -0.4 is 5.73 Å². The minimum Gasteiger partial charge on any atom is -0.373 e. The van der Waals surface area contributed by atoms with E-state index >= 15 is 0 Å². The van der Waals surface area contributed by atoms with E-state index in [1.54, 1.807) is 0 Å². The summed E-state index contributed by atoms with van der Waals surface area (Å²) in [6, 6.07) is 15.1. The van der Waals surface area contributed by atoms with Gasteiger partial charge in [0.25, 0.3) is 0 Å². The zero-order valence-electron chi connectivity index (χ0n) is 12.8. The molecule has 110 valence electrons. The minimum atomic E-state index is 0.0137. The quantitative estimate of drug-likeness (QED) is 0.922. The number of benzene rings is 2. The summed E-state index contributed by atoms with van der Waals surface area (Å²) in [6.07, 6.45) is 1.96. The van der Waals surface area contributed by atoms with E-state index in [1.807, 2.05) is 0 Å². The predicted octanol–water partition coefficient (Wildman–Crippen LogP) is 4.01. The van der Waals surface area contributed by atoms with Crippen LogP contribution in [-0.2, 0) is 11.2 Å². The normalized spacial score (nSPS) is 19.1. The molecule has 1 aliphatic heterocycles. The van der Waals surface area contributed by atoms with Gasteiger partial charge in [0.05, 0.1) is 12.7 Å². The number of fused-ring (bicyclic) bond motifs is 1. The fourth-order valence-electron chi connectivity index (χ4n) is 3.26. The summed E-state index contributed by atoms with van der Waals surface area (Å²) >= 11 is 0. The molecule has 0 spiro atoms. The van der Waals surface area contributed by atoms with Crippen molar-refractivity contribution < 1.29 is 4.74 Å². The predicted molar refractivity (Wildman–Crippen MR) is 86.3 cm³/mol. The van der Waals surface area contributed by atoms with Crippen LogP contribution in [0.4, 0.5) is 0 Å². The van der Waals surface area contributed by atoms with Gasteiger partial charge >= 0.3 is 0 Å². The smallest absolute Gasteiger partial charge is 0.0845 e. The fraction of sp³-hybridized carbons (Fsp3) is 0.368. The van der Waals surface area contributed by atoms with Crippen molar-refractivity contribution in [2.24, 2.45) is 5.73 Å². The van der Waals surface area contributed by atoms with Gasteiger partial charge in [-0.25, -0.2) is 0 Å². The Kier molecular flexibility index (Phi) is 4.09. The summed E-state index contributed by atoms with van der Waals surface area (Å²) < 4.78 is 5.98.